The highest BCUT2D eigenvalue weighted by Gasteiger charge is 2.55. The number of hydrogen-bond acceptors (Lipinski definition) is 3. The van der Waals surface area contributed by atoms with Gasteiger partial charge in [0.15, 0.2) is 0 Å². The van der Waals surface area contributed by atoms with Crippen molar-refractivity contribution in [2.45, 2.75) is 52.1 Å². The van der Waals surface area contributed by atoms with Crippen LogP contribution >= 0.6 is 0 Å². The minimum atomic E-state index is -0.759. The van der Waals surface area contributed by atoms with Crippen LogP contribution in [0.3, 0.4) is 0 Å². The number of carbonyl (C=O) groups excluding carboxylic acids is 2. The summed E-state index contributed by atoms with van der Waals surface area (Å²) >= 11 is 0. The van der Waals surface area contributed by atoms with Crippen LogP contribution in [0.25, 0.3) is 0 Å². The average molecular weight is 325 g/mol. The molecule has 1 N–H and O–H groups in total. The van der Waals surface area contributed by atoms with Crippen molar-refractivity contribution in [1.29, 1.82) is 5.26 Å². The van der Waals surface area contributed by atoms with Gasteiger partial charge >= 0.3 is 6.03 Å². The first-order valence-electron chi connectivity index (χ1n) is 8.38. The van der Waals surface area contributed by atoms with Crippen LogP contribution < -0.4 is 5.32 Å². The number of amides is 3. The molecule has 1 aromatic carbocycles. The lowest BCUT2D eigenvalue weighted by Crippen LogP contribution is -2.54. The summed E-state index contributed by atoms with van der Waals surface area (Å²) in [4.78, 5) is 26.8. The zero-order valence-electron chi connectivity index (χ0n) is 14.4. The van der Waals surface area contributed by atoms with Crippen LogP contribution in [0.1, 0.15) is 51.2 Å². The average Bonchev–Trinajstić information content (AvgIpc) is 2.69. The molecule has 1 aliphatic heterocycles. The quantitative estimate of drug-likeness (QED) is 0.849. The highest BCUT2D eigenvalue weighted by Crippen LogP contribution is 2.46. The van der Waals surface area contributed by atoms with Gasteiger partial charge in [0.1, 0.15) is 5.54 Å². The lowest BCUT2D eigenvalue weighted by atomic mass is 9.64. The van der Waals surface area contributed by atoms with Crippen molar-refractivity contribution >= 4 is 11.9 Å². The molecule has 0 bridgehead atoms. The molecule has 3 rings (SSSR count). The first-order chi connectivity index (χ1) is 11.2. The van der Waals surface area contributed by atoms with Crippen LogP contribution in [0.2, 0.25) is 0 Å². The Morgan fingerprint density at radius 2 is 1.92 bits per heavy atom. The molecular weight excluding hydrogens is 302 g/mol. The third-order valence-electron chi connectivity index (χ3n) is 5.05. The number of nitrogens with one attached hydrogen (secondary N) is 1. The van der Waals surface area contributed by atoms with Gasteiger partial charge in [-0.15, -0.1) is 0 Å². The van der Waals surface area contributed by atoms with Crippen molar-refractivity contribution in [3.8, 4) is 6.07 Å². The second kappa shape index (κ2) is 5.62. The van der Waals surface area contributed by atoms with E-state index in [9.17, 15) is 9.59 Å². The second-order valence-corrected chi connectivity index (χ2v) is 8.07. The van der Waals surface area contributed by atoms with Crippen molar-refractivity contribution in [1.82, 2.24) is 10.2 Å². The first kappa shape index (κ1) is 16.5. The molecule has 5 nitrogen and oxygen atoms in total. The van der Waals surface area contributed by atoms with Crippen molar-refractivity contribution in [3.63, 3.8) is 0 Å². The molecule has 3 amide bonds. The van der Waals surface area contributed by atoms with E-state index < -0.39 is 5.54 Å². The maximum atomic E-state index is 13.0. The monoisotopic (exact) mass is 325 g/mol. The predicted molar refractivity (Wildman–Crippen MR) is 89.8 cm³/mol. The molecule has 1 spiro atoms. The lowest BCUT2D eigenvalue weighted by Gasteiger charge is -2.43. The Hall–Kier alpha value is -2.35. The summed E-state index contributed by atoms with van der Waals surface area (Å²) in [5, 5.41) is 11.8. The predicted octanol–water partition coefficient (Wildman–Crippen LogP) is 3.20. The molecule has 1 aromatic rings. The third kappa shape index (κ3) is 2.89. The van der Waals surface area contributed by atoms with Crippen LogP contribution in [0.4, 0.5) is 4.79 Å². The van der Waals surface area contributed by atoms with Crippen molar-refractivity contribution in [2.24, 2.45) is 11.3 Å². The van der Waals surface area contributed by atoms with Gasteiger partial charge in [0.2, 0.25) is 0 Å². The molecular formula is C19H23N3O2. The number of rotatable bonds is 2. The SMILES string of the molecule is CC1CC(C)(C)CC2(C1)NC(=O)N(Cc1ccc(C#N)cc1)C2=O. The van der Waals surface area contributed by atoms with E-state index in [0.29, 0.717) is 24.3 Å². The molecule has 1 saturated carbocycles. The van der Waals surface area contributed by atoms with Crippen LogP contribution in [0.5, 0.6) is 0 Å². The zero-order chi connectivity index (χ0) is 17.5. The first-order valence-corrected chi connectivity index (χ1v) is 8.38. The minimum Gasteiger partial charge on any atom is -0.323 e. The van der Waals surface area contributed by atoms with Gasteiger partial charge in [-0.3, -0.25) is 9.69 Å². The Kier molecular flexibility index (Phi) is 3.87. The molecule has 1 saturated heterocycles. The zero-order valence-corrected chi connectivity index (χ0v) is 14.4. The van der Waals surface area contributed by atoms with Crippen molar-refractivity contribution in [3.05, 3.63) is 35.4 Å². The van der Waals surface area contributed by atoms with E-state index in [-0.39, 0.29) is 23.9 Å². The maximum absolute atomic E-state index is 13.0. The summed E-state index contributed by atoms with van der Waals surface area (Å²) in [6.45, 7) is 6.71. The number of nitrogens with zero attached hydrogens (tertiary/aromatic N) is 2. The molecule has 2 unspecified atom stereocenters. The molecule has 0 radical (unpaired) electrons. The molecule has 1 heterocycles. The number of nitriles is 1. The fraction of sp³-hybridized carbons (Fsp3) is 0.526. The largest absolute Gasteiger partial charge is 0.325 e. The number of carbonyl (C=O) groups is 2. The fourth-order valence-corrected chi connectivity index (χ4v) is 4.52. The van der Waals surface area contributed by atoms with Gasteiger partial charge in [0.25, 0.3) is 5.91 Å². The second-order valence-electron chi connectivity index (χ2n) is 8.07. The van der Waals surface area contributed by atoms with E-state index in [0.717, 1.165) is 12.0 Å². The molecule has 2 aliphatic rings. The third-order valence-corrected chi connectivity index (χ3v) is 5.05. The van der Waals surface area contributed by atoms with E-state index in [1.807, 2.05) is 0 Å². The summed E-state index contributed by atoms with van der Waals surface area (Å²) in [6.07, 6.45) is 2.44. The van der Waals surface area contributed by atoms with Gasteiger partial charge in [-0.05, 0) is 48.3 Å². The van der Waals surface area contributed by atoms with Gasteiger partial charge in [0, 0.05) is 0 Å². The Bertz CT molecular complexity index is 717. The molecule has 2 fully saturated rings. The minimum absolute atomic E-state index is 0.0328. The van der Waals surface area contributed by atoms with Gasteiger partial charge in [0.05, 0.1) is 18.2 Å². The number of imide groups is 1. The normalized spacial score (nSPS) is 28.8. The summed E-state index contributed by atoms with van der Waals surface area (Å²) in [5.41, 5.74) is 0.684. The Morgan fingerprint density at radius 3 is 2.50 bits per heavy atom. The number of hydrogen-bond donors (Lipinski definition) is 1. The van der Waals surface area contributed by atoms with Crippen LogP contribution in [0.15, 0.2) is 24.3 Å². The summed E-state index contributed by atoms with van der Waals surface area (Å²) in [6, 6.07) is 8.74. The van der Waals surface area contributed by atoms with Gasteiger partial charge in [-0.1, -0.05) is 32.9 Å². The Balaban J connectivity index is 1.82. The molecule has 1 aliphatic carbocycles. The number of urea groups is 1. The Morgan fingerprint density at radius 1 is 1.25 bits per heavy atom. The van der Waals surface area contributed by atoms with E-state index in [2.05, 4.69) is 32.2 Å². The van der Waals surface area contributed by atoms with Crippen molar-refractivity contribution in [2.75, 3.05) is 0 Å². The van der Waals surface area contributed by atoms with Crippen LogP contribution in [0, 0.1) is 22.7 Å². The summed E-state index contributed by atoms with van der Waals surface area (Å²) < 4.78 is 0. The maximum Gasteiger partial charge on any atom is 0.325 e. The molecule has 2 atom stereocenters. The lowest BCUT2D eigenvalue weighted by molar-refractivity contribution is -0.135. The molecule has 126 valence electrons. The summed E-state index contributed by atoms with van der Waals surface area (Å²) in [7, 11) is 0. The molecule has 24 heavy (non-hydrogen) atoms. The van der Waals surface area contributed by atoms with Crippen molar-refractivity contribution < 1.29 is 9.59 Å². The Labute approximate surface area is 142 Å². The van der Waals surface area contributed by atoms with E-state index in [1.165, 1.54) is 4.90 Å². The van der Waals surface area contributed by atoms with Gasteiger partial charge in [-0.25, -0.2) is 4.79 Å². The van der Waals surface area contributed by atoms with Gasteiger partial charge in [-0.2, -0.15) is 5.26 Å². The van der Waals surface area contributed by atoms with Crippen LogP contribution in [-0.2, 0) is 11.3 Å². The van der Waals surface area contributed by atoms with Gasteiger partial charge < -0.3 is 5.32 Å². The smallest absolute Gasteiger partial charge is 0.323 e. The van der Waals surface area contributed by atoms with Crippen LogP contribution in [-0.4, -0.2) is 22.4 Å². The fourth-order valence-electron chi connectivity index (χ4n) is 4.52. The standard InChI is InChI=1S/C19H23N3O2/c1-13-8-18(2,3)12-19(9-13)16(23)22(17(24)21-19)11-15-6-4-14(10-20)5-7-15/h4-7,13H,8-9,11-12H2,1-3H3,(H,21,24). The highest BCUT2D eigenvalue weighted by atomic mass is 16.2. The molecule has 5 heteroatoms. The summed E-state index contributed by atoms with van der Waals surface area (Å²) in [5.74, 6) is 0.282. The number of benzene rings is 1. The molecule has 0 aromatic heterocycles. The highest BCUT2D eigenvalue weighted by molar-refractivity contribution is 6.07. The van der Waals surface area contributed by atoms with E-state index in [4.69, 9.17) is 5.26 Å². The van der Waals surface area contributed by atoms with E-state index >= 15 is 0 Å². The van der Waals surface area contributed by atoms with E-state index in [1.54, 1.807) is 24.3 Å². The topological polar surface area (TPSA) is 73.2 Å².